The van der Waals surface area contributed by atoms with E-state index in [1.54, 1.807) is 24.3 Å². The van der Waals surface area contributed by atoms with Crippen molar-refractivity contribution in [2.24, 2.45) is 11.8 Å². The summed E-state index contributed by atoms with van der Waals surface area (Å²) < 4.78 is 66.3. The van der Waals surface area contributed by atoms with Crippen molar-refractivity contribution in [2.45, 2.75) is 125 Å². The van der Waals surface area contributed by atoms with Gasteiger partial charge >= 0.3 is 6.09 Å². The zero-order chi connectivity index (χ0) is 38.2. The lowest BCUT2D eigenvalue weighted by Gasteiger charge is -2.35. The molecule has 16 nitrogen and oxygen atoms in total. The van der Waals surface area contributed by atoms with Crippen LogP contribution in [0.5, 0.6) is 5.75 Å². The highest BCUT2D eigenvalue weighted by molar-refractivity contribution is 7.91. The molecule has 54 heavy (non-hydrogen) atoms. The predicted octanol–water partition coefficient (Wildman–Crippen LogP) is 2.86. The van der Waals surface area contributed by atoms with Gasteiger partial charge in [-0.05, 0) is 93.2 Å². The number of amides is 4. The van der Waals surface area contributed by atoms with E-state index < -0.39 is 81.5 Å². The fraction of sp³-hybridized carbons (Fsp3) is 0.686. The molecule has 1 unspecified atom stereocenters. The Hall–Kier alpha value is -4.42. The van der Waals surface area contributed by atoms with Crippen LogP contribution in [0.4, 0.5) is 13.6 Å². The number of likely N-dealkylation sites (tertiary alicyclic amines) is 1. The molecule has 19 heteroatoms. The van der Waals surface area contributed by atoms with Gasteiger partial charge in [-0.1, -0.05) is 19.3 Å². The Bertz CT molecular complexity index is 1830. The van der Waals surface area contributed by atoms with Crippen LogP contribution in [0.2, 0.25) is 0 Å². The third kappa shape index (κ3) is 8.00. The molecule has 5 atom stereocenters. The molecule has 2 heterocycles. The Labute approximate surface area is 311 Å². The summed E-state index contributed by atoms with van der Waals surface area (Å²) in [5, 5.41) is 17.4. The van der Waals surface area contributed by atoms with E-state index in [1.165, 1.54) is 16.8 Å². The summed E-state index contributed by atoms with van der Waals surface area (Å²) >= 11 is 0. The van der Waals surface area contributed by atoms with Crippen LogP contribution >= 0.6 is 0 Å². The fourth-order valence-electron chi connectivity index (χ4n) is 8.09. The molecule has 1 aromatic carbocycles. The number of nitrogens with one attached hydrogen (secondary N) is 3. The molecular weight excluding hydrogens is 730 g/mol. The summed E-state index contributed by atoms with van der Waals surface area (Å²) in [6.45, 7) is -0.106. The average Bonchev–Trinajstić information content (AvgIpc) is 3.94. The van der Waals surface area contributed by atoms with Crippen LogP contribution in [0.15, 0.2) is 24.3 Å². The van der Waals surface area contributed by atoms with Gasteiger partial charge in [-0.25, -0.2) is 22.0 Å². The van der Waals surface area contributed by atoms with Crippen LogP contribution in [0.3, 0.4) is 0 Å². The first kappa shape index (κ1) is 37.9. The van der Waals surface area contributed by atoms with Gasteiger partial charge in [0.15, 0.2) is 0 Å². The Morgan fingerprint density at radius 1 is 0.963 bits per heavy atom. The van der Waals surface area contributed by atoms with Gasteiger partial charge in [0.2, 0.25) is 34.1 Å². The summed E-state index contributed by atoms with van der Waals surface area (Å²) in [7, 11) is -2.58. The highest BCUT2D eigenvalue weighted by Crippen LogP contribution is 2.48. The van der Waals surface area contributed by atoms with Crippen LogP contribution in [0.25, 0.3) is 11.4 Å². The number of carbonyl (C=O) groups excluding carboxylic acids is 4. The van der Waals surface area contributed by atoms with E-state index in [0.717, 1.165) is 44.9 Å². The first-order valence-corrected chi connectivity index (χ1v) is 20.3. The number of rotatable bonds is 13. The molecule has 0 bridgehead atoms. The number of hydrogen-bond donors (Lipinski definition) is 3. The maximum atomic E-state index is 14.7. The third-order valence-electron chi connectivity index (χ3n) is 11.5. The molecule has 1 aliphatic heterocycles. The SMILES string of the molecule is COc1ccc(-c2nnn([C@@H]3CC(C(=O)N[C@]4(C(=O)NS(=O)(=O)C5CC5)C[C@H]4C(F)F)N(C(=O)[C@@H](NC(=O)OC4CCCC4)C4CCCCC4)C3)n2)cc1. The number of benzene rings is 1. The number of alkyl halides is 2. The number of hydrogen-bond acceptors (Lipinski definition) is 11. The van der Waals surface area contributed by atoms with Crippen LogP contribution < -0.4 is 20.1 Å². The number of nitrogens with zero attached hydrogens (tertiary/aromatic N) is 5. The minimum Gasteiger partial charge on any atom is -0.497 e. The van der Waals surface area contributed by atoms with E-state index in [0.29, 0.717) is 37.0 Å². The van der Waals surface area contributed by atoms with Gasteiger partial charge in [-0.2, -0.15) is 4.80 Å². The highest BCUT2D eigenvalue weighted by Gasteiger charge is 2.67. The van der Waals surface area contributed by atoms with E-state index >= 15 is 0 Å². The quantitative estimate of drug-likeness (QED) is 0.270. The van der Waals surface area contributed by atoms with Crippen LogP contribution in [0, 0.1) is 11.8 Å². The highest BCUT2D eigenvalue weighted by atomic mass is 32.2. The number of halogens is 2. The average molecular weight is 777 g/mol. The van der Waals surface area contributed by atoms with Gasteiger partial charge in [-0.15, -0.1) is 10.2 Å². The molecule has 7 rings (SSSR count). The van der Waals surface area contributed by atoms with Gasteiger partial charge < -0.3 is 25.0 Å². The maximum Gasteiger partial charge on any atom is 0.408 e. The molecule has 1 aromatic heterocycles. The number of alkyl carbamates (subject to hydrolysis) is 1. The molecule has 4 saturated carbocycles. The number of ether oxygens (including phenoxy) is 2. The summed E-state index contributed by atoms with van der Waals surface area (Å²) in [4.78, 5) is 58.1. The van der Waals surface area contributed by atoms with Crippen molar-refractivity contribution in [3.63, 3.8) is 0 Å². The van der Waals surface area contributed by atoms with Gasteiger partial charge in [0.05, 0.1) is 24.3 Å². The largest absolute Gasteiger partial charge is 0.497 e. The van der Waals surface area contributed by atoms with Crippen molar-refractivity contribution in [1.29, 1.82) is 0 Å². The summed E-state index contributed by atoms with van der Waals surface area (Å²) in [5.74, 6) is -3.72. The Balaban J connectivity index is 1.16. The number of sulfonamides is 1. The summed E-state index contributed by atoms with van der Waals surface area (Å²) in [6, 6.07) is 3.86. The number of carbonyl (C=O) groups is 4. The van der Waals surface area contributed by atoms with Crippen molar-refractivity contribution in [1.82, 2.24) is 40.5 Å². The zero-order valence-electron chi connectivity index (χ0n) is 30.0. The number of aromatic nitrogens is 4. The minimum absolute atomic E-state index is 0.0860. The predicted molar refractivity (Wildman–Crippen MR) is 186 cm³/mol. The van der Waals surface area contributed by atoms with E-state index in [1.807, 2.05) is 4.72 Å². The van der Waals surface area contributed by atoms with Crippen molar-refractivity contribution in [2.75, 3.05) is 13.7 Å². The lowest BCUT2D eigenvalue weighted by atomic mass is 9.83. The maximum absolute atomic E-state index is 14.7. The number of tetrazole rings is 1. The monoisotopic (exact) mass is 776 g/mol. The molecule has 5 fully saturated rings. The molecular formula is C35H46F2N8O8S. The van der Waals surface area contributed by atoms with Crippen LogP contribution in [0.1, 0.15) is 89.5 Å². The lowest BCUT2D eigenvalue weighted by molar-refractivity contribution is -0.142. The van der Waals surface area contributed by atoms with Gasteiger partial charge in [0.25, 0.3) is 5.91 Å². The van der Waals surface area contributed by atoms with E-state index in [2.05, 4.69) is 26.0 Å². The zero-order valence-corrected chi connectivity index (χ0v) is 30.8. The normalized spacial score (nSPS) is 26.7. The third-order valence-corrected chi connectivity index (χ3v) is 13.3. The second-order valence-corrected chi connectivity index (χ2v) is 17.1. The first-order valence-electron chi connectivity index (χ1n) is 18.8. The summed E-state index contributed by atoms with van der Waals surface area (Å²) in [6.07, 6.45) is 3.37. The van der Waals surface area contributed by atoms with Crippen LogP contribution in [-0.4, -0.2) is 106 Å². The minimum atomic E-state index is -4.12. The molecule has 0 spiro atoms. The van der Waals surface area contributed by atoms with Crippen molar-refractivity contribution >= 4 is 33.8 Å². The summed E-state index contributed by atoms with van der Waals surface area (Å²) in [5.41, 5.74) is -1.57. The van der Waals surface area contributed by atoms with Crippen LogP contribution in [-0.2, 0) is 29.1 Å². The molecule has 2 aromatic rings. The lowest BCUT2D eigenvalue weighted by Crippen LogP contribution is -2.59. The van der Waals surface area contributed by atoms with Gasteiger partial charge in [0, 0.05) is 18.5 Å². The van der Waals surface area contributed by atoms with E-state index in [4.69, 9.17) is 9.47 Å². The van der Waals surface area contributed by atoms with E-state index in [9.17, 15) is 36.4 Å². The standard InChI is InChI=1S/C35H46F2N8O8S/c1-52-23-13-11-21(12-14-23)30-40-43-45(41-30)22-17-27(31(46)39-35(18-26(35)29(36)37)33(48)42-54(50,51)25-15-16-25)44(19-22)32(47)28(20-7-3-2-4-8-20)38-34(49)53-24-9-5-6-10-24/h11-14,20,22,24-29H,2-10,15-19H2,1H3,(H,38,49)(H,39,46)(H,42,48)/t22-,26+,27?,28+,35-/m1/s1. The first-order chi connectivity index (χ1) is 25.9. The van der Waals surface area contributed by atoms with Crippen molar-refractivity contribution in [3.05, 3.63) is 24.3 Å². The fourth-order valence-corrected chi connectivity index (χ4v) is 9.46. The molecule has 1 saturated heterocycles. The molecule has 4 amide bonds. The number of methoxy groups -OCH3 is 1. The van der Waals surface area contributed by atoms with Crippen molar-refractivity contribution < 1.29 is 45.9 Å². The molecule has 3 N–H and O–H groups in total. The Morgan fingerprint density at radius 3 is 2.28 bits per heavy atom. The van der Waals surface area contributed by atoms with Gasteiger partial charge in [-0.3, -0.25) is 19.1 Å². The Kier molecular flexibility index (Phi) is 10.8. The molecule has 294 valence electrons. The second kappa shape index (κ2) is 15.4. The molecule has 5 aliphatic rings. The Morgan fingerprint density at radius 2 is 1.65 bits per heavy atom. The van der Waals surface area contributed by atoms with Crippen molar-refractivity contribution in [3.8, 4) is 17.1 Å². The van der Waals surface area contributed by atoms with E-state index in [-0.39, 0.29) is 30.8 Å². The molecule has 4 aliphatic carbocycles. The topological polar surface area (TPSA) is 204 Å². The molecule has 0 radical (unpaired) electrons. The smallest absolute Gasteiger partial charge is 0.408 e. The second-order valence-electron chi connectivity index (χ2n) is 15.2. The van der Waals surface area contributed by atoms with Gasteiger partial charge in [0.1, 0.15) is 29.5 Å².